The third kappa shape index (κ3) is 6.29. The van der Waals surface area contributed by atoms with Gasteiger partial charge in [-0.05, 0) is 94.4 Å². The van der Waals surface area contributed by atoms with Crippen LogP contribution in [0.25, 0.3) is 32.8 Å². The maximum Gasteiger partial charge on any atom is 0.494 e. The summed E-state index contributed by atoms with van der Waals surface area (Å²) in [6.07, 6.45) is 6.42. The number of aromatic nitrogens is 2. The van der Waals surface area contributed by atoms with Gasteiger partial charge in [0.1, 0.15) is 11.4 Å². The molecule has 1 aliphatic carbocycles. The number of benzene rings is 3. The SMILES string of the molecule is CC(C)(C)OC(N)=O.CC1(C)OB(c2ccc3c(ccc4cc(-c5cnc(C6CCCC6)[nH]5)ccc43)c2)OC1(C)C. The molecule has 6 rings (SSSR count). The first-order chi connectivity index (χ1) is 19.2. The van der Waals surface area contributed by atoms with Gasteiger partial charge in [-0.1, -0.05) is 55.3 Å². The summed E-state index contributed by atoms with van der Waals surface area (Å²) in [5.41, 5.74) is 6.95. The number of aromatic amines is 1. The summed E-state index contributed by atoms with van der Waals surface area (Å²) in [4.78, 5) is 18.3. The summed E-state index contributed by atoms with van der Waals surface area (Å²) in [6, 6.07) is 17.7. The van der Waals surface area contributed by atoms with E-state index < -0.39 is 11.7 Å². The van der Waals surface area contributed by atoms with Crippen LogP contribution in [-0.4, -0.2) is 40.0 Å². The van der Waals surface area contributed by atoms with Crippen molar-refractivity contribution >= 4 is 40.2 Å². The number of carbonyl (C=O) groups is 1. The van der Waals surface area contributed by atoms with Crippen LogP contribution in [0.5, 0.6) is 0 Å². The van der Waals surface area contributed by atoms with E-state index in [1.54, 1.807) is 20.8 Å². The molecule has 7 nitrogen and oxygen atoms in total. The first-order valence-corrected chi connectivity index (χ1v) is 14.6. The highest BCUT2D eigenvalue weighted by Crippen LogP contribution is 2.37. The van der Waals surface area contributed by atoms with Crippen LogP contribution >= 0.6 is 0 Å². The lowest BCUT2D eigenvalue weighted by molar-refractivity contribution is 0.00578. The minimum Gasteiger partial charge on any atom is -0.444 e. The van der Waals surface area contributed by atoms with E-state index in [9.17, 15) is 4.79 Å². The molecule has 8 heteroatoms. The summed E-state index contributed by atoms with van der Waals surface area (Å²) < 4.78 is 17.1. The molecule has 216 valence electrons. The minimum absolute atomic E-state index is 0.337. The van der Waals surface area contributed by atoms with Crippen molar-refractivity contribution in [2.45, 2.75) is 96.9 Å². The molecule has 4 aromatic rings. The molecule has 1 saturated carbocycles. The van der Waals surface area contributed by atoms with Crippen molar-refractivity contribution in [3.8, 4) is 11.3 Å². The predicted molar refractivity (Wildman–Crippen MR) is 166 cm³/mol. The summed E-state index contributed by atoms with van der Waals surface area (Å²) >= 11 is 0. The average molecular weight is 556 g/mol. The van der Waals surface area contributed by atoms with Crippen molar-refractivity contribution in [3.05, 3.63) is 60.6 Å². The van der Waals surface area contributed by atoms with Gasteiger partial charge < -0.3 is 24.8 Å². The number of nitrogens with zero attached hydrogens (tertiary/aromatic N) is 1. The fraction of sp³-hybridized carbons (Fsp3) is 0.455. The Bertz CT molecular complexity index is 1550. The second-order valence-electron chi connectivity index (χ2n) is 13.3. The normalized spacial score (nSPS) is 18.5. The zero-order valence-electron chi connectivity index (χ0n) is 25.3. The van der Waals surface area contributed by atoms with Gasteiger partial charge in [0.25, 0.3) is 0 Å². The van der Waals surface area contributed by atoms with Crippen molar-refractivity contribution in [2.24, 2.45) is 5.73 Å². The number of fused-ring (bicyclic) bond motifs is 3. The van der Waals surface area contributed by atoms with Crippen LogP contribution in [0.4, 0.5) is 4.79 Å². The Balaban J connectivity index is 0.000000372. The molecule has 1 saturated heterocycles. The van der Waals surface area contributed by atoms with Gasteiger partial charge in [-0.2, -0.15) is 0 Å². The summed E-state index contributed by atoms with van der Waals surface area (Å²) in [5, 5.41) is 4.94. The highest BCUT2D eigenvalue weighted by molar-refractivity contribution is 6.62. The van der Waals surface area contributed by atoms with E-state index >= 15 is 0 Å². The number of amides is 1. The lowest BCUT2D eigenvalue weighted by atomic mass is 9.78. The lowest BCUT2D eigenvalue weighted by Gasteiger charge is -2.32. The van der Waals surface area contributed by atoms with Gasteiger partial charge in [-0.25, -0.2) is 9.78 Å². The monoisotopic (exact) mass is 555 g/mol. The Labute approximate surface area is 243 Å². The molecule has 2 fully saturated rings. The van der Waals surface area contributed by atoms with Gasteiger partial charge in [-0.15, -0.1) is 0 Å². The molecule has 0 unspecified atom stereocenters. The Morgan fingerprint density at radius 3 is 2.10 bits per heavy atom. The van der Waals surface area contributed by atoms with Gasteiger partial charge in [0.15, 0.2) is 0 Å². The van der Waals surface area contributed by atoms with Gasteiger partial charge in [0.05, 0.1) is 23.1 Å². The van der Waals surface area contributed by atoms with Crippen molar-refractivity contribution in [2.75, 3.05) is 0 Å². The number of ether oxygens (including phenoxy) is 1. The van der Waals surface area contributed by atoms with E-state index in [2.05, 4.69) is 85.9 Å². The Morgan fingerprint density at radius 2 is 1.54 bits per heavy atom. The largest absolute Gasteiger partial charge is 0.494 e. The molecule has 1 aromatic heterocycles. The molecule has 3 aromatic carbocycles. The standard InChI is InChI=1S/C28H31BN2O2.C5H11NO2/c1-27(2)28(3,4)33-29(32-27)22-12-14-24-20(16-22)10-9-19-15-21(11-13-23(19)24)25-17-30-26(31-25)18-7-5-6-8-18;1-5(2,3)8-4(6)7/h9-18H,5-8H2,1-4H3,(H,30,31);1-3H3,(H2,6,7). The molecule has 1 aliphatic heterocycles. The zero-order valence-corrected chi connectivity index (χ0v) is 25.3. The molecule has 3 N–H and O–H groups in total. The fourth-order valence-electron chi connectivity index (χ4n) is 5.57. The molecule has 0 atom stereocenters. The van der Waals surface area contributed by atoms with Gasteiger partial charge >= 0.3 is 13.2 Å². The van der Waals surface area contributed by atoms with Crippen molar-refractivity contribution < 1.29 is 18.8 Å². The smallest absolute Gasteiger partial charge is 0.444 e. The number of hydrogen-bond donors (Lipinski definition) is 2. The van der Waals surface area contributed by atoms with E-state index in [1.165, 1.54) is 52.8 Å². The number of imidazole rings is 1. The van der Waals surface area contributed by atoms with Gasteiger partial charge in [0, 0.05) is 11.5 Å². The summed E-state index contributed by atoms with van der Waals surface area (Å²) in [7, 11) is -0.341. The molecule has 0 bridgehead atoms. The zero-order chi connectivity index (χ0) is 29.6. The molecule has 1 amide bonds. The van der Waals surface area contributed by atoms with Crippen LogP contribution in [0.3, 0.4) is 0 Å². The molecular weight excluding hydrogens is 513 g/mol. The molecular formula is C33H42BN3O4. The summed E-state index contributed by atoms with van der Waals surface area (Å²) in [5.74, 6) is 1.75. The van der Waals surface area contributed by atoms with Crippen LogP contribution < -0.4 is 11.2 Å². The fourth-order valence-corrected chi connectivity index (χ4v) is 5.57. The predicted octanol–water partition coefficient (Wildman–Crippen LogP) is 7.22. The van der Waals surface area contributed by atoms with Crippen molar-refractivity contribution in [1.82, 2.24) is 9.97 Å². The van der Waals surface area contributed by atoms with Gasteiger partial charge in [-0.3, -0.25) is 0 Å². The third-order valence-corrected chi connectivity index (χ3v) is 8.44. The molecule has 41 heavy (non-hydrogen) atoms. The Morgan fingerprint density at radius 1 is 0.951 bits per heavy atom. The number of primary amides is 1. The molecule has 2 heterocycles. The van der Waals surface area contributed by atoms with Gasteiger partial charge in [0.2, 0.25) is 0 Å². The maximum absolute atomic E-state index is 10.0. The topological polar surface area (TPSA) is 99.5 Å². The molecule has 0 spiro atoms. The average Bonchev–Trinajstić information content (AvgIpc) is 3.62. The quantitative estimate of drug-likeness (QED) is 0.205. The van der Waals surface area contributed by atoms with Crippen LogP contribution in [0.2, 0.25) is 0 Å². The van der Waals surface area contributed by atoms with Crippen molar-refractivity contribution in [1.29, 1.82) is 0 Å². The number of nitrogens with one attached hydrogen (secondary N) is 1. The minimum atomic E-state index is -0.725. The third-order valence-electron chi connectivity index (χ3n) is 8.44. The van der Waals surface area contributed by atoms with Crippen molar-refractivity contribution in [3.63, 3.8) is 0 Å². The molecule has 2 aliphatic rings. The number of H-pyrrole nitrogens is 1. The first-order valence-electron chi connectivity index (χ1n) is 14.6. The Kier molecular flexibility index (Phi) is 7.68. The number of rotatable bonds is 3. The maximum atomic E-state index is 10.0. The highest BCUT2D eigenvalue weighted by Gasteiger charge is 2.51. The van der Waals surface area contributed by atoms with E-state index in [4.69, 9.17) is 20.0 Å². The Hall–Kier alpha value is -3.36. The van der Waals surface area contributed by atoms with E-state index in [1.807, 2.05) is 6.20 Å². The van der Waals surface area contributed by atoms with E-state index in [-0.39, 0.29) is 18.3 Å². The number of carbonyl (C=O) groups excluding carboxylic acids is 1. The number of hydrogen-bond acceptors (Lipinski definition) is 5. The second kappa shape index (κ2) is 10.8. The number of nitrogens with two attached hydrogens (primary N) is 1. The highest BCUT2D eigenvalue weighted by atomic mass is 16.7. The van der Waals surface area contributed by atoms with Crippen LogP contribution in [0.15, 0.2) is 54.7 Å². The lowest BCUT2D eigenvalue weighted by Crippen LogP contribution is -2.41. The van der Waals surface area contributed by atoms with E-state index in [0.29, 0.717) is 5.92 Å². The van der Waals surface area contributed by atoms with Crippen LogP contribution in [-0.2, 0) is 14.0 Å². The first kappa shape index (κ1) is 29.1. The van der Waals surface area contributed by atoms with Crippen LogP contribution in [0, 0.1) is 0 Å². The van der Waals surface area contributed by atoms with E-state index in [0.717, 1.165) is 17.0 Å². The molecule has 0 radical (unpaired) electrons. The second-order valence-corrected chi connectivity index (χ2v) is 13.3. The summed E-state index contributed by atoms with van der Waals surface area (Å²) in [6.45, 7) is 13.7. The van der Waals surface area contributed by atoms with Crippen LogP contribution in [0.1, 0.15) is 85.9 Å².